The van der Waals surface area contributed by atoms with E-state index >= 15 is 0 Å². The molecule has 0 spiro atoms. The molecule has 0 aliphatic carbocycles. The van der Waals surface area contributed by atoms with Gasteiger partial charge in [-0.1, -0.05) is 29.8 Å². The predicted molar refractivity (Wildman–Crippen MR) is 101 cm³/mol. The quantitative estimate of drug-likeness (QED) is 0.616. The third kappa shape index (κ3) is 4.00. The first-order chi connectivity index (χ1) is 12.6. The van der Waals surface area contributed by atoms with E-state index in [1.165, 1.54) is 0 Å². The van der Waals surface area contributed by atoms with Gasteiger partial charge in [0.2, 0.25) is 0 Å². The Balaban J connectivity index is 1.69. The molecule has 1 amide bonds. The minimum Gasteiger partial charge on any atom is -0.492 e. The summed E-state index contributed by atoms with van der Waals surface area (Å²) >= 11 is 5.85. The first kappa shape index (κ1) is 18.3. The Bertz CT molecular complexity index is 888. The SMILES string of the molecule is COCc1c(C(=O)N(C)CCOc2ccc(Cl)cc2)oc2ccccc12. The van der Waals surface area contributed by atoms with E-state index in [0.717, 1.165) is 10.9 Å². The largest absolute Gasteiger partial charge is 0.492 e. The van der Waals surface area contributed by atoms with Crippen molar-refractivity contribution in [1.29, 1.82) is 0 Å². The van der Waals surface area contributed by atoms with Crippen LogP contribution in [-0.4, -0.2) is 38.1 Å². The number of methoxy groups -OCH3 is 1. The lowest BCUT2D eigenvalue weighted by Crippen LogP contribution is -2.31. The van der Waals surface area contributed by atoms with Crippen LogP contribution in [0.5, 0.6) is 5.75 Å². The lowest BCUT2D eigenvalue weighted by Gasteiger charge is -2.17. The summed E-state index contributed by atoms with van der Waals surface area (Å²) < 4.78 is 16.7. The molecule has 5 nitrogen and oxygen atoms in total. The molecule has 26 heavy (non-hydrogen) atoms. The number of para-hydroxylation sites is 1. The number of nitrogens with zero attached hydrogens (tertiary/aromatic N) is 1. The lowest BCUT2D eigenvalue weighted by molar-refractivity contribution is 0.0738. The third-order valence-corrected chi connectivity index (χ3v) is 4.29. The van der Waals surface area contributed by atoms with Gasteiger partial charge in [-0.25, -0.2) is 0 Å². The number of carbonyl (C=O) groups is 1. The summed E-state index contributed by atoms with van der Waals surface area (Å²) in [6.45, 7) is 1.10. The highest BCUT2D eigenvalue weighted by molar-refractivity contribution is 6.30. The van der Waals surface area contributed by atoms with Crippen LogP contribution in [0.4, 0.5) is 0 Å². The lowest BCUT2D eigenvalue weighted by atomic mass is 10.1. The van der Waals surface area contributed by atoms with Crippen LogP contribution in [0, 0.1) is 0 Å². The van der Waals surface area contributed by atoms with Crippen molar-refractivity contribution < 1.29 is 18.7 Å². The Morgan fingerprint density at radius 3 is 2.62 bits per heavy atom. The summed E-state index contributed by atoms with van der Waals surface area (Å²) in [6.07, 6.45) is 0. The van der Waals surface area contributed by atoms with Gasteiger partial charge in [0.15, 0.2) is 5.76 Å². The van der Waals surface area contributed by atoms with Crippen LogP contribution in [0.3, 0.4) is 0 Å². The normalized spacial score (nSPS) is 10.9. The topological polar surface area (TPSA) is 51.9 Å². The van der Waals surface area contributed by atoms with Crippen molar-refractivity contribution in [2.24, 2.45) is 0 Å². The highest BCUT2D eigenvalue weighted by atomic mass is 35.5. The van der Waals surface area contributed by atoms with Crippen molar-refractivity contribution in [1.82, 2.24) is 4.90 Å². The zero-order chi connectivity index (χ0) is 18.5. The number of hydrogen-bond donors (Lipinski definition) is 0. The number of benzene rings is 2. The van der Waals surface area contributed by atoms with Gasteiger partial charge in [0.25, 0.3) is 5.91 Å². The molecule has 136 valence electrons. The molecule has 0 saturated heterocycles. The highest BCUT2D eigenvalue weighted by Crippen LogP contribution is 2.27. The van der Waals surface area contributed by atoms with E-state index in [0.29, 0.717) is 41.9 Å². The number of carbonyl (C=O) groups excluding carboxylic acids is 1. The van der Waals surface area contributed by atoms with Gasteiger partial charge >= 0.3 is 0 Å². The summed E-state index contributed by atoms with van der Waals surface area (Å²) in [5.41, 5.74) is 1.44. The number of rotatable bonds is 7. The summed E-state index contributed by atoms with van der Waals surface area (Å²) in [7, 11) is 3.32. The molecule has 0 N–H and O–H groups in total. The Kier molecular flexibility index (Phi) is 5.81. The maximum atomic E-state index is 12.8. The average molecular weight is 374 g/mol. The zero-order valence-electron chi connectivity index (χ0n) is 14.7. The molecular formula is C20H20ClNO4. The second kappa shape index (κ2) is 8.25. The first-order valence-corrected chi connectivity index (χ1v) is 8.61. The zero-order valence-corrected chi connectivity index (χ0v) is 15.5. The van der Waals surface area contributed by atoms with Gasteiger partial charge in [-0.15, -0.1) is 0 Å². The van der Waals surface area contributed by atoms with Crippen molar-refractivity contribution in [3.05, 3.63) is 64.9 Å². The second-order valence-corrected chi connectivity index (χ2v) is 6.30. The van der Waals surface area contributed by atoms with E-state index in [2.05, 4.69) is 0 Å². The fraction of sp³-hybridized carbons (Fsp3) is 0.250. The van der Waals surface area contributed by atoms with Gasteiger partial charge in [-0.3, -0.25) is 4.79 Å². The van der Waals surface area contributed by atoms with Crippen molar-refractivity contribution in [3.8, 4) is 5.75 Å². The predicted octanol–water partition coefficient (Wildman–Crippen LogP) is 4.38. The third-order valence-electron chi connectivity index (χ3n) is 4.04. The fourth-order valence-electron chi connectivity index (χ4n) is 2.67. The molecule has 6 heteroatoms. The Hall–Kier alpha value is -2.50. The van der Waals surface area contributed by atoms with E-state index in [9.17, 15) is 4.79 Å². The smallest absolute Gasteiger partial charge is 0.289 e. The van der Waals surface area contributed by atoms with Gasteiger partial charge in [-0.05, 0) is 30.3 Å². The van der Waals surface area contributed by atoms with Crippen molar-refractivity contribution in [2.75, 3.05) is 27.3 Å². The standard InChI is InChI=1S/C20H20ClNO4/c1-22(11-12-25-15-9-7-14(21)8-10-15)20(23)19-17(13-24-2)16-5-3-4-6-18(16)26-19/h3-10H,11-13H2,1-2H3. The molecule has 1 aromatic heterocycles. The van der Waals surface area contributed by atoms with Gasteiger partial charge in [-0.2, -0.15) is 0 Å². The number of furan rings is 1. The van der Waals surface area contributed by atoms with E-state index in [1.54, 1.807) is 43.3 Å². The summed E-state index contributed by atoms with van der Waals surface area (Å²) in [5.74, 6) is 0.814. The van der Waals surface area contributed by atoms with Crippen molar-refractivity contribution >= 4 is 28.5 Å². The molecule has 3 aromatic rings. The Morgan fingerprint density at radius 1 is 1.15 bits per heavy atom. The molecule has 0 bridgehead atoms. The summed E-state index contributed by atoms with van der Waals surface area (Å²) in [6, 6.07) is 14.7. The van der Waals surface area contributed by atoms with Crippen LogP contribution in [0.25, 0.3) is 11.0 Å². The van der Waals surface area contributed by atoms with Crippen LogP contribution in [0.1, 0.15) is 16.1 Å². The molecule has 0 fully saturated rings. The molecule has 2 aromatic carbocycles. The van der Waals surface area contributed by atoms with Gasteiger partial charge in [0.05, 0.1) is 13.2 Å². The Labute approximate surface area is 157 Å². The summed E-state index contributed by atoms with van der Waals surface area (Å²) in [4.78, 5) is 14.4. The highest BCUT2D eigenvalue weighted by Gasteiger charge is 2.23. The Morgan fingerprint density at radius 2 is 1.88 bits per heavy atom. The van der Waals surface area contributed by atoms with E-state index < -0.39 is 0 Å². The van der Waals surface area contributed by atoms with Crippen LogP contribution in [0.15, 0.2) is 52.9 Å². The minimum atomic E-state index is -0.201. The molecule has 0 unspecified atom stereocenters. The molecular weight excluding hydrogens is 354 g/mol. The van der Waals surface area contributed by atoms with Crippen molar-refractivity contribution in [2.45, 2.75) is 6.61 Å². The minimum absolute atomic E-state index is 0.201. The maximum absolute atomic E-state index is 12.8. The average Bonchev–Trinajstić information content (AvgIpc) is 3.02. The molecule has 0 saturated carbocycles. The van der Waals surface area contributed by atoms with Crippen LogP contribution < -0.4 is 4.74 Å². The van der Waals surface area contributed by atoms with Gasteiger partial charge < -0.3 is 18.8 Å². The molecule has 0 atom stereocenters. The maximum Gasteiger partial charge on any atom is 0.289 e. The van der Waals surface area contributed by atoms with E-state index in [1.807, 2.05) is 24.3 Å². The number of halogens is 1. The molecule has 3 rings (SSSR count). The molecule has 1 heterocycles. The van der Waals surface area contributed by atoms with Crippen LogP contribution in [0.2, 0.25) is 5.02 Å². The molecule has 0 radical (unpaired) electrons. The monoisotopic (exact) mass is 373 g/mol. The van der Waals surface area contributed by atoms with Gasteiger partial charge in [0.1, 0.15) is 17.9 Å². The van der Waals surface area contributed by atoms with Crippen LogP contribution in [-0.2, 0) is 11.3 Å². The van der Waals surface area contributed by atoms with Crippen molar-refractivity contribution in [3.63, 3.8) is 0 Å². The van der Waals surface area contributed by atoms with E-state index in [-0.39, 0.29) is 5.91 Å². The van der Waals surface area contributed by atoms with Gasteiger partial charge in [0, 0.05) is 30.1 Å². The first-order valence-electron chi connectivity index (χ1n) is 8.23. The summed E-state index contributed by atoms with van der Waals surface area (Å²) in [5, 5.41) is 1.55. The number of fused-ring (bicyclic) bond motifs is 1. The molecule has 0 aliphatic heterocycles. The second-order valence-electron chi connectivity index (χ2n) is 5.87. The number of ether oxygens (including phenoxy) is 2. The molecule has 0 aliphatic rings. The number of amides is 1. The fourth-order valence-corrected chi connectivity index (χ4v) is 2.79. The number of hydrogen-bond acceptors (Lipinski definition) is 4. The number of likely N-dealkylation sites (N-methyl/N-ethyl adjacent to an activating group) is 1. The van der Waals surface area contributed by atoms with Crippen LogP contribution >= 0.6 is 11.6 Å². The van der Waals surface area contributed by atoms with E-state index in [4.69, 9.17) is 25.5 Å².